The number of aromatic nitrogens is 1. The van der Waals surface area contributed by atoms with Gasteiger partial charge in [0.25, 0.3) is 11.5 Å². The molecule has 1 aromatic carbocycles. The fourth-order valence-electron chi connectivity index (χ4n) is 2.93. The molecule has 1 aromatic heterocycles. The first-order valence-corrected chi connectivity index (χ1v) is 7.17. The molecule has 2 aromatic rings. The molecule has 1 atom stereocenters. The molecule has 1 N–H and O–H groups in total. The van der Waals surface area contributed by atoms with Gasteiger partial charge in [0.2, 0.25) is 0 Å². The Morgan fingerprint density at radius 3 is 2.71 bits per heavy atom. The Morgan fingerprint density at radius 1 is 1.29 bits per heavy atom. The molecule has 1 amide bonds. The minimum absolute atomic E-state index is 0.217. The van der Waals surface area contributed by atoms with Crippen molar-refractivity contribution in [2.75, 3.05) is 5.32 Å². The summed E-state index contributed by atoms with van der Waals surface area (Å²) in [6.45, 7) is 2.13. The molecule has 0 saturated carbocycles. The summed E-state index contributed by atoms with van der Waals surface area (Å²) in [4.78, 5) is 24.7. The van der Waals surface area contributed by atoms with Gasteiger partial charge < -0.3 is 9.88 Å². The lowest BCUT2D eigenvalue weighted by Crippen LogP contribution is -2.29. The van der Waals surface area contributed by atoms with Gasteiger partial charge in [-0.2, -0.15) is 0 Å². The molecule has 0 fully saturated rings. The van der Waals surface area contributed by atoms with Crippen LogP contribution in [-0.2, 0) is 13.5 Å². The smallest absolute Gasteiger partial charge is 0.263 e. The number of amides is 1. The first-order chi connectivity index (χ1) is 10.1. The topological polar surface area (TPSA) is 51.1 Å². The number of hydrogen-bond donors (Lipinski definition) is 1. The third-order valence-corrected chi connectivity index (χ3v) is 4.19. The molecular weight excluding hydrogens is 264 g/mol. The average molecular weight is 282 g/mol. The number of carbonyl (C=O) groups is 1. The highest BCUT2D eigenvalue weighted by atomic mass is 16.2. The van der Waals surface area contributed by atoms with Gasteiger partial charge in [-0.25, -0.2) is 0 Å². The van der Waals surface area contributed by atoms with Crippen LogP contribution in [-0.4, -0.2) is 10.5 Å². The number of nitrogens with zero attached hydrogens (tertiary/aromatic N) is 1. The molecule has 0 aliphatic heterocycles. The molecule has 0 spiro atoms. The quantitative estimate of drug-likeness (QED) is 0.920. The monoisotopic (exact) mass is 282 g/mol. The van der Waals surface area contributed by atoms with Gasteiger partial charge in [0.1, 0.15) is 5.56 Å². The number of benzene rings is 1. The molecule has 1 aliphatic rings. The van der Waals surface area contributed by atoms with E-state index in [-0.39, 0.29) is 17.0 Å². The van der Waals surface area contributed by atoms with Crippen LogP contribution in [0.5, 0.6) is 0 Å². The zero-order valence-electron chi connectivity index (χ0n) is 12.2. The van der Waals surface area contributed by atoms with Gasteiger partial charge in [-0.1, -0.05) is 25.1 Å². The van der Waals surface area contributed by atoms with E-state index >= 15 is 0 Å². The van der Waals surface area contributed by atoms with Crippen molar-refractivity contribution in [3.8, 4) is 0 Å². The van der Waals surface area contributed by atoms with Crippen molar-refractivity contribution in [1.82, 2.24) is 4.57 Å². The third kappa shape index (κ3) is 2.37. The van der Waals surface area contributed by atoms with Crippen LogP contribution in [0.4, 0.5) is 5.69 Å². The summed E-state index contributed by atoms with van der Waals surface area (Å²) in [5, 5.41) is 2.78. The van der Waals surface area contributed by atoms with Crippen molar-refractivity contribution < 1.29 is 4.79 Å². The van der Waals surface area contributed by atoms with E-state index in [9.17, 15) is 9.59 Å². The molecule has 21 heavy (non-hydrogen) atoms. The second-order valence-electron chi connectivity index (χ2n) is 5.58. The second-order valence-corrected chi connectivity index (χ2v) is 5.58. The summed E-state index contributed by atoms with van der Waals surface area (Å²) in [7, 11) is 1.75. The summed E-state index contributed by atoms with van der Waals surface area (Å²) >= 11 is 0. The van der Waals surface area contributed by atoms with Gasteiger partial charge in [-0.15, -0.1) is 0 Å². The fourth-order valence-corrected chi connectivity index (χ4v) is 2.93. The van der Waals surface area contributed by atoms with Crippen LogP contribution in [0.3, 0.4) is 0 Å². The van der Waals surface area contributed by atoms with E-state index in [1.165, 1.54) is 0 Å². The van der Waals surface area contributed by atoms with Crippen molar-refractivity contribution in [2.45, 2.75) is 25.7 Å². The maximum absolute atomic E-state index is 12.4. The van der Waals surface area contributed by atoms with Gasteiger partial charge in [-0.05, 0) is 42.5 Å². The van der Waals surface area contributed by atoms with Crippen LogP contribution in [0.1, 0.15) is 40.9 Å². The standard InChI is InChI=1S/C17H18N2O2/c1-11-8-9-15-13(11)10-14(17(21)19(15)2)16(20)18-12-6-4-3-5-7-12/h3-7,10-11H,8-9H2,1-2H3,(H,18,20). The summed E-state index contributed by atoms with van der Waals surface area (Å²) in [5.74, 6) is 0.0544. The van der Waals surface area contributed by atoms with Crippen molar-refractivity contribution in [3.05, 3.63) is 63.6 Å². The Labute approximate surface area is 123 Å². The summed E-state index contributed by atoms with van der Waals surface area (Å²) in [5.41, 5.74) is 2.86. The van der Waals surface area contributed by atoms with Crippen molar-refractivity contribution in [1.29, 1.82) is 0 Å². The maximum Gasteiger partial charge on any atom is 0.263 e. The van der Waals surface area contributed by atoms with E-state index in [0.717, 1.165) is 24.1 Å². The van der Waals surface area contributed by atoms with Crippen LogP contribution in [0.25, 0.3) is 0 Å². The highest BCUT2D eigenvalue weighted by Crippen LogP contribution is 2.31. The van der Waals surface area contributed by atoms with Crippen LogP contribution >= 0.6 is 0 Å². The van der Waals surface area contributed by atoms with Crippen molar-refractivity contribution in [2.24, 2.45) is 7.05 Å². The van der Waals surface area contributed by atoms with E-state index in [4.69, 9.17) is 0 Å². The largest absolute Gasteiger partial charge is 0.322 e. The van der Waals surface area contributed by atoms with Crippen molar-refractivity contribution in [3.63, 3.8) is 0 Å². The highest BCUT2D eigenvalue weighted by molar-refractivity contribution is 6.04. The summed E-state index contributed by atoms with van der Waals surface area (Å²) in [6, 6.07) is 11.0. The minimum Gasteiger partial charge on any atom is -0.322 e. The molecule has 0 radical (unpaired) electrons. The van der Waals surface area contributed by atoms with Crippen LogP contribution in [0.2, 0.25) is 0 Å². The Balaban J connectivity index is 1.99. The van der Waals surface area contributed by atoms with E-state index in [2.05, 4.69) is 12.2 Å². The number of pyridine rings is 1. The van der Waals surface area contributed by atoms with Crippen LogP contribution in [0.15, 0.2) is 41.2 Å². The predicted molar refractivity (Wildman–Crippen MR) is 82.8 cm³/mol. The normalized spacial score (nSPS) is 16.6. The van der Waals surface area contributed by atoms with Gasteiger partial charge >= 0.3 is 0 Å². The Hall–Kier alpha value is -2.36. The summed E-state index contributed by atoms with van der Waals surface area (Å²) in [6.07, 6.45) is 1.94. The molecule has 4 heteroatoms. The number of hydrogen-bond acceptors (Lipinski definition) is 2. The molecule has 1 unspecified atom stereocenters. The number of rotatable bonds is 2. The molecule has 108 valence electrons. The van der Waals surface area contributed by atoms with Crippen molar-refractivity contribution >= 4 is 11.6 Å². The zero-order valence-corrected chi connectivity index (χ0v) is 12.2. The molecule has 3 rings (SSSR count). The van der Waals surface area contributed by atoms with Gasteiger partial charge in [0.05, 0.1) is 0 Å². The average Bonchev–Trinajstić information content (AvgIpc) is 2.85. The molecule has 1 heterocycles. The number of carbonyl (C=O) groups excluding carboxylic acids is 1. The summed E-state index contributed by atoms with van der Waals surface area (Å²) < 4.78 is 1.62. The first kappa shape index (κ1) is 13.6. The van der Waals surface area contributed by atoms with E-state index < -0.39 is 0 Å². The van der Waals surface area contributed by atoms with Gasteiger partial charge in [0.15, 0.2) is 0 Å². The van der Waals surface area contributed by atoms with E-state index in [1.807, 2.05) is 18.2 Å². The molecule has 0 bridgehead atoms. The number of fused-ring (bicyclic) bond motifs is 1. The minimum atomic E-state index is -0.344. The van der Waals surface area contributed by atoms with Crippen LogP contribution < -0.4 is 10.9 Å². The van der Waals surface area contributed by atoms with Gasteiger partial charge in [-0.3, -0.25) is 9.59 Å². The van der Waals surface area contributed by atoms with E-state index in [0.29, 0.717) is 11.6 Å². The van der Waals surface area contributed by atoms with Crippen LogP contribution in [0, 0.1) is 0 Å². The zero-order chi connectivity index (χ0) is 15.0. The highest BCUT2D eigenvalue weighted by Gasteiger charge is 2.25. The maximum atomic E-state index is 12.4. The number of para-hydroxylation sites is 1. The lowest BCUT2D eigenvalue weighted by molar-refractivity contribution is 0.102. The molecular formula is C17H18N2O2. The molecule has 4 nitrogen and oxygen atoms in total. The molecule has 0 saturated heterocycles. The second kappa shape index (κ2) is 5.20. The third-order valence-electron chi connectivity index (χ3n) is 4.19. The SMILES string of the molecule is CC1CCc2c1cc(C(=O)Nc1ccccc1)c(=O)n2C. The first-order valence-electron chi connectivity index (χ1n) is 7.17. The Bertz CT molecular complexity index is 747. The Morgan fingerprint density at radius 2 is 2.00 bits per heavy atom. The van der Waals surface area contributed by atoms with E-state index in [1.54, 1.807) is 29.8 Å². The van der Waals surface area contributed by atoms with Gasteiger partial charge in [0, 0.05) is 18.4 Å². The lowest BCUT2D eigenvalue weighted by Gasteiger charge is -2.12. The molecule has 1 aliphatic carbocycles. The Kier molecular flexibility index (Phi) is 3.37. The lowest BCUT2D eigenvalue weighted by atomic mass is 10.0. The number of anilines is 1. The number of nitrogens with one attached hydrogen (secondary N) is 1. The fraction of sp³-hybridized carbons (Fsp3) is 0.294. The predicted octanol–water partition coefficient (Wildman–Crippen LogP) is 2.69.